The van der Waals surface area contributed by atoms with Gasteiger partial charge in [-0.25, -0.2) is 0 Å². The van der Waals surface area contributed by atoms with Crippen molar-refractivity contribution in [2.24, 2.45) is 0 Å². The molecule has 134 valence electrons. The van der Waals surface area contributed by atoms with Gasteiger partial charge in [0.25, 0.3) is 0 Å². The number of amides is 1. The molecule has 0 N–H and O–H groups in total. The Hall–Kier alpha value is -2.29. The Morgan fingerprint density at radius 3 is 2.32 bits per heavy atom. The molecule has 0 radical (unpaired) electrons. The third-order valence-corrected chi connectivity index (χ3v) is 4.22. The van der Waals surface area contributed by atoms with Gasteiger partial charge in [-0.2, -0.15) is 0 Å². The first-order chi connectivity index (χ1) is 12.3. The summed E-state index contributed by atoms with van der Waals surface area (Å²) in [4.78, 5) is 14.0. The first-order valence-electron chi connectivity index (χ1n) is 9.35. The van der Waals surface area contributed by atoms with E-state index in [1.807, 2.05) is 49.1 Å². The standard InChI is InChI=1S/C20H23NO2.C2H6/c22-20-9-5-2-6-14-21(20)15-17-10-12-19(13-11-17)23-16-18-7-3-1-4-8-18;1-2/h1,3-4,7-8,10-13H,2,5-6,9,14-16H2;1-2H3. The van der Waals surface area contributed by atoms with Crippen LogP contribution < -0.4 is 4.74 Å². The highest BCUT2D eigenvalue weighted by molar-refractivity contribution is 5.76. The molecule has 0 bridgehead atoms. The van der Waals surface area contributed by atoms with Gasteiger partial charge >= 0.3 is 0 Å². The van der Waals surface area contributed by atoms with Crippen molar-refractivity contribution in [2.45, 2.75) is 52.7 Å². The van der Waals surface area contributed by atoms with Gasteiger partial charge in [-0.15, -0.1) is 0 Å². The maximum atomic E-state index is 12.0. The molecule has 2 aromatic carbocycles. The van der Waals surface area contributed by atoms with Crippen LogP contribution in [-0.2, 0) is 17.9 Å². The topological polar surface area (TPSA) is 29.5 Å². The van der Waals surface area contributed by atoms with E-state index in [1.165, 1.54) is 0 Å². The molecule has 1 heterocycles. The molecule has 0 unspecified atom stereocenters. The van der Waals surface area contributed by atoms with E-state index >= 15 is 0 Å². The quantitative estimate of drug-likeness (QED) is 0.750. The Morgan fingerprint density at radius 2 is 1.60 bits per heavy atom. The number of ether oxygens (including phenoxy) is 1. The SMILES string of the molecule is CC.O=C1CCCCCN1Cc1ccc(OCc2ccccc2)cc1. The second kappa shape index (κ2) is 10.5. The predicted molar refractivity (Wildman–Crippen MR) is 102 cm³/mol. The van der Waals surface area contributed by atoms with E-state index in [9.17, 15) is 4.79 Å². The predicted octanol–water partition coefficient (Wildman–Crippen LogP) is 5.19. The van der Waals surface area contributed by atoms with E-state index in [-0.39, 0.29) is 5.91 Å². The number of hydrogen-bond acceptors (Lipinski definition) is 2. The summed E-state index contributed by atoms with van der Waals surface area (Å²) in [6, 6.07) is 18.2. The number of carbonyl (C=O) groups excluding carboxylic acids is 1. The molecule has 0 saturated carbocycles. The molecule has 3 rings (SSSR count). The summed E-state index contributed by atoms with van der Waals surface area (Å²) in [6.07, 6.45) is 4.00. The Morgan fingerprint density at radius 1 is 0.880 bits per heavy atom. The Kier molecular flexibility index (Phi) is 8.03. The van der Waals surface area contributed by atoms with E-state index in [4.69, 9.17) is 4.74 Å². The van der Waals surface area contributed by atoms with Crippen LogP contribution in [0.1, 0.15) is 50.7 Å². The summed E-state index contributed by atoms with van der Waals surface area (Å²) in [7, 11) is 0. The summed E-state index contributed by atoms with van der Waals surface area (Å²) >= 11 is 0. The number of hydrogen-bond donors (Lipinski definition) is 0. The molecule has 1 aliphatic rings. The van der Waals surface area contributed by atoms with Crippen LogP contribution in [0.5, 0.6) is 5.75 Å². The van der Waals surface area contributed by atoms with Crippen molar-refractivity contribution < 1.29 is 9.53 Å². The van der Waals surface area contributed by atoms with Crippen molar-refractivity contribution in [1.29, 1.82) is 0 Å². The van der Waals surface area contributed by atoms with Gasteiger partial charge in [-0.05, 0) is 36.1 Å². The van der Waals surface area contributed by atoms with Crippen molar-refractivity contribution in [3.8, 4) is 5.75 Å². The largest absolute Gasteiger partial charge is 0.489 e. The molecule has 0 spiro atoms. The molecule has 1 saturated heterocycles. The lowest BCUT2D eigenvalue weighted by Gasteiger charge is -2.20. The fraction of sp³-hybridized carbons (Fsp3) is 0.409. The van der Waals surface area contributed by atoms with Crippen LogP contribution in [-0.4, -0.2) is 17.4 Å². The highest BCUT2D eigenvalue weighted by atomic mass is 16.5. The molecular formula is C22H29NO2. The number of rotatable bonds is 5. The third-order valence-electron chi connectivity index (χ3n) is 4.22. The molecule has 3 nitrogen and oxygen atoms in total. The van der Waals surface area contributed by atoms with Gasteiger partial charge in [0.1, 0.15) is 12.4 Å². The van der Waals surface area contributed by atoms with Crippen LogP contribution in [0.2, 0.25) is 0 Å². The van der Waals surface area contributed by atoms with Crippen LogP contribution in [0.15, 0.2) is 54.6 Å². The summed E-state index contributed by atoms with van der Waals surface area (Å²) < 4.78 is 5.80. The third kappa shape index (κ3) is 6.26. The van der Waals surface area contributed by atoms with Crippen molar-refractivity contribution in [2.75, 3.05) is 6.54 Å². The fourth-order valence-electron chi connectivity index (χ4n) is 2.86. The highest BCUT2D eigenvalue weighted by Gasteiger charge is 2.16. The van der Waals surface area contributed by atoms with Gasteiger partial charge < -0.3 is 9.64 Å². The number of likely N-dealkylation sites (tertiary alicyclic amines) is 1. The van der Waals surface area contributed by atoms with Crippen LogP contribution in [0.4, 0.5) is 0 Å². The summed E-state index contributed by atoms with van der Waals surface area (Å²) in [5, 5.41) is 0. The summed E-state index contributed by atoms with van der Waals surface area (Å²) in [5.74, 6) is 1.15. The maximum Gasteiger partial charge on any atom is 0.222 e. The van der Waals surface area contributed by atoms with Crippen LogP contribution in [0, 0.1) is 0 Å². The zero-order valence-corrected chi connectivity index (χ0v) is 15.4. The molecule has 2 aromatic rings. The van der Waals surface area contributed by atoms with E-state index in [0.717, 1.165) is 42.7 Å². The minimum atomic E-state index is 0.284. The van der Waals surface area contributed by atoms with E-state index in [1.54, 1.807) is 0 Å². The molecule has 0 aromatic heterocycles. The lowest BCUT2D eigenvalue weighted by molar-refractivity contribution is -0.131. The van der Waals surface area contributed by atoms with E-state index in [2.05, 4.69) is 24.3 Å². The zero-order valence-electron chi connectivity index (χ0n) is 15.4. The smallest absolute Gasteiger partial charge is 0.222 e. The highest BCUT2D eigenvalue weighted by Crippen LogP contribution is 2.18. The Bertz CT molecular complexity index is 622. The second-order valence-corrected chi connectivity index (χ2v) is 6.04. The molecule has 25 heavy (non-hydrogen) atoms. The zero-order chi connectivity index (χ0) is 17.9. The number of benzene rings is 2. The normalized spacial score (nSPS) is 14.3. The fourth-order valence-corrected chi connectivity index (χ4v) is 2.86. The minimum absolute atomic E-state index is 0.284. The van der Waals surface area contributed by atoms with Gasteiger partial charge in [0.15, 0.2) is 0 Å². The van der Waals surface area contributed by atoms with Gasteiger partial charge in [-0.1, -0.05) is 62.7 Å². The minimum Gasteiger partial charge on any atom is -0.489 e. The van der Waals surface area contributed by atoms with E-state index in [0.29, 0.717) is 19.6 Å². The van der Waals surface area contributed by atoms with Gasteiger partial charge in [0.05, 0.1) is 0 Å². The molecule has 1 aliphatic heterocycles. The summed E-state index contributed by atoms with van der Waals surface area (Å²) in [6.45, 7) is 6.16. The molecule has 3 heteroatoms. The molecule has 0 aliphatic carbocycles. The lowest BCUT2D eigenvalue weighted by atomic mass is 10.2. The second-order valence-electron chi connectivity index (χ2n) is 6.04. The van der Waals surface area contributed by atoms with Crippen molar-refractivity contribution in [3.05, 3.63) is 65.7 Å². The van der Waals surface area contributed by atoms with Crippen LogP contribution in [0.25, 0.3) is 0 Å². The Balaban J connectivity index is 0.00000109. The number of nitrogens with zero attached hydrogens (tertiary/aromatic N) is 1. The molecule has 1 amide bonds. The van der Waals surface area contributed by atoms with Gasteiger partial charge in [0, 0.05) is 19.5 Å². The lowest BCUT2D eigenvalue weighted by Crippen LogP contribution is -2.29. The van der Waals surface area contributed by atoms with Crippen molar-refractivity contribution in [1.82, 2.24) is 4.90 Å². The monoisotopic (exact) mass is 339 g/mol. The van der Waals surface area contributed by atoms with Crippen LogP contribution >= 0.6 is 0 Å². The van der Waals surface area contributed by atoms with E-state index < -0.39 is 0 Å². The van der Waals surface area contributed by atoms with Gasteiger partial charge in [0.2, 0.25) is 5.91 Å². The van der Waals surface area contributed by atoms with Gasteiger partial charge in [-0.3, -0.25) is 4.79 Å². The molecule has 1 fully saturated rings. The first kappa shape index (κ1) is 19.0. The van der Waals surface area contributed by atoms with Crippen molar-refractivity contribution in [3.63, 3.8) is 0 Å². The molecular weight excluding hydrogens is 310 g/mol. The number of carbonyl (C=O) groups is 1. The summed E-state index contributed by atoms with van der Waals surface area (Å²) in [5.41, 5.74) is 2.32. The first-order valence-corrected chi connectivity index (χ1v) is 9.35. The molecule has 0 atom stereocenters. The van der Waals surface area contributed by atoms with Crippen LogP contribution in [0.3, 0.4) is 0 Å². The average Bonchev–Trinajstić information content (AvgIpc) is 2.88. The van der Waals surface area contributed by atoms with Crippen molar-refractivity contribution >= 4 is 5.91 Å². The maximum absolute atomic E-state index is 12.0. The Labute approximate surface area is 151 Å². The average molecular weight is 339 g/mol.